The number of piperidine rings is 1. The summed E-state index contributed by atoms with van der Waals surface area (Å²) in [5, 5.41) is 0. The third-order valence-electron chi connectivity index (χ3n) is 4.16. The van der Waals surface area contributed by atoms with Crippen LogP contribution in [0.5, 0.6) is 0 Å². The van der Waals surface area contributed by atoms with Gasteiger partial charge in [0.25, 0.3) is 0 Å². The molecule has 0 radical (unpaired) electrons. The molecule has 1 saturated heterocycles. The number of nitrogens with two attached hydrogens (primary N) is 1. The van der Waals surface area contributed by atoms with Crippen LogP contribution in [0.25, 0.3) is 0 Å². The molecule has 4 heteroatoms. The normalized spacial score (nSPS) is 16.9. The van der Waals surface area contributed by atoms with Crippen molar-refractivity contribution in [3.8, 4) is 0 Å². The van der Waals surface area contributed by atoms with Crippen molar-refractivity contribution in [1.82, 2.24) is 4.90 Å². The molecular weight excluding hydrogens is 250 g/mol. The molecule has 0 spiro atoms. The maximum absolute atomic E-state index is 12.5. The first-order chi connectivity index (χ1) is 9.63. The summed E-state index contributed by atoms with van der Waals surface area (Å²) in [5.74, 6) is 0.227. The van der Waals surface area contributed by atoms with Gasteiger partial charge in [-0.05, 0) is 43.9 Å². The Bertz CT molecular complexity index is 455. The first-order valence-electron chi connectivity index (χ1n) is 7.44. The molecule has 0 aromatic heterocycles. The van der Waals surface area contributed by atoms with E-state index in [4.69, 9.17) is 5.73 Å². The molecule has 1 aliphatic rings. The van der Waals surface area contributed by atoms with Gasteiger partial charge in [0, 0.05) is 32.4 Å². The van der Waals surface area contributed by atoms with Crippen LogP contribution in [0.2, 0.25) is 0 Å². The Morgan fingerprint density at radius 1 is 1.35 bits per heavy atom. The number of carbonyl (C=O) groups is 1. The highest BCUT2D eigenvalue weighted by atomic mass is 16.2. The fourth-order valence-electron chi connectivity index (χ4n) is 2.67. The van der Waals surface area contributed by atoms with E-state index in [-0.39, 0.29) is 11.9 Å². The second kappa shape index (κ2) is 6.75. The number of anilines is 1. The van der Waals surface area contributed by atoms with Crippen molar-refractivity contribution in [2.24, 2.45) is 5.73 Å². The van der Waals surface area contributed by atoms with Gasteiger partial charge in [0.05, 0.1) is 0 Å². The minimum atomic E-state index is -0.138. The maximum Gasteiger partial charge on any atom is 0.244 e. The summed E-state index contributed by atoms with van der Waals surface area (Å²) in [6.07, 6.45) is 3.50. The summed E-state index contributed by atoms with van der Waals surface area (Å²) in [7, 11) is 1.97. The number of hydrogen-bond acceptors (Lipinski definition) is 3. The molecule has 110 valence electrons. The second-order valence-electron chi connectivity index (χ2n) is 5.55. The summed E-state index contributed by atoms with van der Waals surface area (Å²) in [4.78, 5) is 16.6. The average molecular weight is 275 g/mol. The van der Waals surface area contributed by atoms with Crippen LogP contribution in [0.15, 0.2) is 24.3 Å². The zero-order valence-corrected chi connectivity index (χ0v) is 12.5. The minimum absolute atomic E-state index is 0.138. The largest absolute Gasteiger partial charge is 0.363 e. The topological polar surface area (TPSA) is 49.6 Å². The number of likely N-dealkylation sites (N-methyl/N-ethyl adjacent to an activating group) is 1. The van der Waals surface area contributed by atoms with Crippen molar-refractivity contribution in [3.05, 3.63) is 29.8 Å². The molecule has 1 aromatic rings. The summed E-state index contributed by atoms with van der Waals surface area (Å²) in [5.41, 5.74) is 7.81. The number of benzene rings is 1. The minimum Gasteiger partial charge on any atom is -0.363 e. The molecule has 1 heterocycles. The lowest BCUT2D eigenvalue weighted by molar-refractivity contribution is -0.133. The van der Waals surface area contributed by atoms with E-state index >= 15 is 0 Å². The molecule has 2 N–H and O–H groups in total. The zero-order chi connectivity index (χ0) is 14.5. The number of nitrogens with zero attached hydrogens (tertiary/aromatic N) is 2. The van der Waals surface area contributed by atoms with Crippen molar-refractivity contribution < 1.29 is 4.79 Å². The molecule has 1 fully saturated rings. The molecule has 1 aromatic carbocycles. The van der Waals surface area contributed by atoms with E-state index in [2.05, 4.69) is 6.07 Å². The van der Waals surface area contributed by atoms with Gasteiger partial charge in [0.2, 0.25) is 5.91 Å². The number of hydrogen-bond donors (Lipinski definition) is 1. The van der Waals surface area contributed by atoms with E-state index < -0.39 is 0 Å². The van der Waals surface area contributed by atoms with Crippen LogP contribution in [0.4, 0.5) is 5.69 Å². The van der Waals surface area contributed by atoms with Gasteiger partial charge >= 0.3 is 0 Å². The highest BCUT2D eigenvalue weighted by Gasteiger charge is 2.25. The summed E-state index contributed by atoms with van der Waals surface area (Å²) >= 11 is 0. The number of carbonyl (C=O) groups excluding carboxylic acids is 1. The van der Waals surface area contributed by atoms with Gasteiger partial charge < -0.3 is 15.5 Å². The van der Waals surface area contributed by atoms with Crippen LogP contribution in [0.1, 0.15) is 31.7 Å². The third kappa shape index (κ3) is 3.31. The Labute approximate surface area is 121 Å². The Balaban J connectivity index is 2.06. The van der Waals surface area contributed by atoms with E-state index in [0.29, 0.717) is 6.54 Å². The highest BCUT2D eigenvalue weighted by molar-refractivity contribution is 5.85. The smallest absolute Gasteiger partial charge is 0.244 e. The van der Waals surface area contributed by atoms with Crippen LogP contribution in [0, 0.1) is 0 Å². The summed E-state index contributed by atoms with van der Waals surface area (Å²) in [6.45, 7) is 4.31. The van der Waals surface area contributed by atoms with E-state index in [0.717, 1.165) is 37.2 Å². The molecule has 1 atom stereocenters. The Kier molecular flexibility index (Phi) is 5.01. The predicted molar refractivity (Wildman–Crippen MR) is 82.6 cm³/mol. The molecule has 1 amide bonds. The van der Waals surface area contributed by atoms with Crippen molar-refractivity contribution in [2.45, 2.75) is 38.8 Å². The van der Waals surface area contributed by atoms with E-state index in [1.807, 2.05) is 42.0 Å². The average Bonchev–Trinajstić information content (AvgIpc) is 2.53. The van der Waals surface area contributed by atoms with Crippen molar-refractivity contribution in [2.75, 3.05) is 25.0 Å². The molecule has 1 aliphatic heterocycles. The van der Waals surface area contributed by atoms with Gasteiger partial charge in [-0.15, -0.1) is 0 Å². The van der Waals surface area contributed by atoms with E-state index in [1.54, 1.807) is 0 Å². The number of likely N-dealkylation sites (tertiary alicyclic amines) is 1. The SMILES string of the molecule is CC(C(=O)N1CCCCC1)N(C)c1cccc(CN)c1. The molecule has 0 aliphatic carbocycles. The summed E-state index contributed by atoms with van der Waals surface area (Å²) < 4.78 is 0. The van der Waals surface area contributed by atoms with E-state index in [1.165, 1.54) is 6.42 Å². The second-order valence-corrected chi connectivity index (χ2v) is 5.55. The van der Waals surface area contributed by atoms with Gasteiger partial charge in [-0.25, -0.2) is 0 Å². The molecule has 4 nitrogen and oxygen atoms in total. The molecule has 0 bridgehead atoms. The molecule has 1 unspecified atom stereocenters. The van der Waals surface area contributed by atoms with Gasteiger partial charge in [0.15, 0.2) is 0 Å². The van der Waals surface area contributed by atoms with Gasteiger partial charge in [-0.3, -0.25) is 4.79 Å². The van der Waals surface area contributed by atoms with E-state index in [9.17, 15) is 4.79 Å². The van der Waals surface area contributed by atoms with Crippen LogP contribution < -0.4 is 10.6 Å². The predicted octanol–water partition coefficient (Wildman–Crippen LogP) is 1.98. The first kappa shape index (κ1) is 14.9. The van der Waals surface area contributed by atoms with Crippen LogP contribution in [0.3, 0.4) is 0 Å². The standard InChI is InChI=1S/C16H25N3O/c1-13(16(20)19-9-4-3-5-10-19)18(2)15-8-6-7-14(11-15)12-17/h6-8,11,13H,3-5,9-10,12,17H2,1-2H3. The highest BCUT2D eigenvalue weighted by Crippen LogP contribution is 2.19. The van der Waals surface area contributed by atoms with Crippen LogP contribution >= 0.6 is 0 Å². The van der Waals surface area contributed by atoms with Crippen molar-refractivity contribution >= 4 is 11.6 Å². The Hall–Kier alpha value is -1.55. The Morgan fingerprint density at radius 3 is 2.70 bits per heavy atom. The molecular formula is C16H25N3O. The van der Waals surface area contributed by atoms with Crippen LogP contribution in [-0.4, -0.2) is 37.0 Å². The molecule has 0 saturated carbocycles. The van der Waals surface area contributed by atoms with Gasteiger partial charge in [-0.1, -0.05) is 12.1 Å². The van der Waals surface area contributed by atoms with Crippen LogP contribution in [-0.2, 0) is 11.3 Å². The maximum atomic E-state index is 12.5. The first-order valence-corrected chi connectivity index (χ1v) is 7.44. The van der Waals surface area contributed by atoms with Gasteiger partial charge in [-0.2, -0.15) is 0 Å². The van der Waals surface area contributed by atoms with Crippen molar-refractivity contribution in [1.29, 1.82) is 0 Å². The monoisotopic (exact) mass is 275 g/mol. The fourth-order valence-corrected chi connectivity index (χ4v) is 2.67. The molecule has 2 rings (SSSR count). The van der Waals surface area contributed by atoms with Gasteiger partial charge in [0.1, 0.15) is 6.04 Å². The lowest BCUT2D eigenvalue weighted by Crippen LogP contribution is -2.47. The fraction of sp³-hybridized carbons (Fsp3) is 0.562. The number of amides is 1. The number of rotatable bonds is 4. The quantitative estimate of drug-likeness (QED) is 0.914. The lowest BCUT2D eigenvalue weighted by atomic mass is 10.1. The van der Waals surface area contributed by atoms with Crippen molar-refractivity contribution in [3.63, 3.8) is 0 Å². The molecule has 20 heavy (non-hydrogen) atoms. The summed E-state index contributed by atoms with van der Waals surface area (Å²) in [6, 6.07) is 7.95. The lowest BCUT2D eigenvalue weighted by Gasteiger charge is -2.33. The zero-order valence-electron chi connectivity index (χ0n) is 12.5. The Morgan fingerprint density at radius 2 is 2.05 bits per heavy atom. The third-order valence-corrected chi connectivity index (χ3v) is 4.16.